The van der Waals surface area contributed by atoms with Crippen LogP contribution in [0.15, 0.2) is 6.07 Å². The quantitative estimate of drug-likeness (QED) is 0.821. The van der Waals surface area contributed by atoms with Crippen molar-refractivity contribution in [3.63, 3.8) is 0 Å². The highest BCUT2D eigenvalue weighted by atomic mass is 15.5. The lowest BCUT2D eigenvalue weighted by Crippen LogP contribution is -2.19. The largest absolute Gasteiger partial charge is 0.340 e. The Morgan fingerprint density at radius 2 is 2.39 bits per heavy atom. The number of tetrazole rings is 1. The molecule has 0 bridgehead atoms. The van der Waals surface area contributed by atoms with Gasteiger partial charge in [0.15, 0.2) is 5.82 Å². The summed E-state index contributed by atoms with van der Waals surface area (Å²) in [6.45, 7) is 4.63. The van der Waals surface area contributed by atoms with Gasteiger partial charge in [-0.2, -0.15) is 10.5 Å². The summed E-state index contributed by atoms with van der Waals surface area (Å²) in [7, 11) is 1.89. The predicted molar refractivity (Wildman–Crippen MR) is 64.3 cm³/mol. The van der Waals surface area contributed by atoms with Gasteiger partial charge in [0.05, 0.1) is 6.04 Å². The third kappa shape index (κ3) is 2.24. The number of H-pyrrole nitrogens is 1. The average molecular weight is 245 g/mol. The molecular formula is C11H15N7. The van der Waals surface area contributed by atoms with Crippen LogP contribution in [0.2, 0.25) is 0 Å². The van der Waals surface area contributed by atoms with Crippen LogP contribution < -0.4 is 5.32 Å². The molecular weight excluding hydrogens is 230 g/mol. The SMILES string of the molecule is Cc1c(CNC(C)c2nn[nH]n2)cc(C#N)n1C. The molecule has 0 aliphatic heterocycles. The van der Waals surface area contributed by atoms with E-state index in [2.05, 4.69) is 32.0 Å². The Bertz CT molecular complexity index is 561. The monoisotopic (exact) mass is 245 g/mol. The highest BCUT2D eigenvalue weighted by molar-refractivity contribution is 5.34. The first-order chi connectivity index (χ1) is 8.63. The van der Waals surface area contributed by atoms with Crippen LogP contribution in [0.4, 0.5) is 0 Å². The molecule has 2 heterocycles. The lowest BCUT2D eigenvalue weighted by molar-refractivity contribution is 0.545. The zero-order valence-electron chi connectivity index (χ0n) is 10.6. The first kappa shape index (κ1) is 12.3. The molecule has 7 heteroatoms. The fourth-order valence-corrected chi connectivity index (χ4v) is 1.76. The van der Waals surface area contributed by atoms with Gasteiger partial charge in [0.1, 0.15) is 11.8 Å². The smallest absolute Gasteiger partial charge is 0.191 e. The van der Waals surface area contributed by atoms with E-state index in [0.717, 1.165) is 11.3 Å². The van der Waals surface area contributed by atoms with Crippen LogP contribution in [-0.2, 0) is 13.6 Å². The van der Waals surface area contributed by atoms with Crippen molar-refractivity contribution in [1.29, 1.82) is 5.26 Å². The molecule has 0 amide bonds. The van der Waals surface area contributed by atoms with Crippen molar-refractivity contribution in [1.82, 2.24) is 30.5 Å². The Labute approximate surface area is 105 Å². The Balaban J connectivity index is 2.05. The number of hydrogen-bond donors (Lipinski definition) is 2. The lowest BCUT2D eigenvalue weighted by Gasteiger charge is -2.09. The van der Waals surface area contributed by atoms with Crippen LogP contribution in [-0.4, -0.2) is 25.2 Å². The Morgan fingerprint density at radius 1 is 1.61 bits per heavy atom. The Kier molecular flexibility index (Phi) is 3.39. The molecule has 0 fully saturated rings. The maximum absolute atomic E-state index is 8.96. The van der Waals surface area contributed by atoms with E-state index in [0.29, 0.717) is 18.1 Å². The molecule has 1 unspecified atom stereocenters. The summed E-state index contributed by atoms with van der Waals surface area (Å²) in [4.78, 5) is 0. The fraction of sp³-hybridized carbons (Fsp3) is 0.455. The molecule has 1 atom stereocenters. The Hall–Kier alpha value is -2.20. The van der Waals surface area contributed by atoms with Crippen molar-refractivity contribution in [3.05, 3.63) is 28.8 Å². The first-order valence-electron chi connectivity index (χ1n) is 5.65. The van der Waals surface area contributed by atoms with Crippen LogP contribution in [0, 0.1) is 18.3 Å². The molecule has 2 aromatic rings. The highest BCUT2D eigenvalue weighted by Gasteiger charge is 2.12. The normalized spacial score (nSPS) is 12.3. The van der Waals surface area contributed by atoms with E-state index in [4.69, 9.17) is 5.26 Å². The second kappa shape index (κ2) is 4.98. The molecule has 18 heavy (non-hydrogen) atoms. The number of rotatable bonds is 4. The summed E-state index contributed by atoms with van der Waals surface area (Å²) in [5, 5.41) is 26.1. The summed E-state index contributed by atoms with van der Waals surface area (Å²) in [6, 6.07) is 4.07. The van der Waals surface area contributed by atoms with E-state index in [1.807, 2.05) is 31.5 Å². The second-order valence-electron chi connectivity index (χ2n) is 4.18. The van der Waals surface area contributed by atoms with Crippen LogP contribution in [0.5, 0.6) is 0 Å². The topological polar surface area (TPSA) is 95.2 Å². The van der Waals surface area contributed by atoms with Crippen molar-refractivity contribution in [2.24, 2.45) is 7.05 Å². The van der Waals surface area contributed by atoms with Gasteiger partial charge in [-0.05, 0) is 25.5 Å². The summed E-state index contributed by atoms with van der Waals surface area (Å²) in [6.07, 6.45) is 0. The minimum absolute atomic E-state index is 0.00823. The van der Waals surface area contributed by atoms with Crippen molar-refractivity contribution < 1.29 is 0 Å². The number of nitrogens with one attached hydrogen (secondary N) is 2. The van der Waals surface area contributed by atoms with E-state index in [9.17, 15) is 0 Å². The molecule has 0 spiro atoms. The van der Waals surface area contributed by atoms with Gasteiger partial charge in [-0.25, -0.2) is 0 Å². The highest BCUT2D eigenvalue weighted by Crippen LogP contribution is 2.14. The molecule has 0 saturated carbocycles. The molecule has 0 aliphatic carbocycles. The predicted octanol–water partition coefficient (Wildman–Crippen LogP) is 0.569. The maximum atomic E-state index is 8.96. The van der Waals surface area contributed by atoms with E-state index in [1.54, 1.807) is 0 Å². The average Bonchev–Trinajstić information content (AvgIpc) is 2.98. The molecule has 0 radical (unpaired) electrons. The van der Waals surface area contributed by atoms with Gasteiger partial charge in [-0.1, -0.05) is 5.21 Å². The number of aromatic amines is 1. The van der Waals surface area contributed by atoms with Gasteiger partial charge < -0.3 is 9.88 Å². The number of nitriles is 1. The molecule has 0 saturated heterocycles. The zero-order chi connectivity index (χ0) is 13.1. The summed E-state index contributed by atoms with van der Waals surface area (Å²) in [5.41, 5.74) is 2.85. The third-order valence-electron chi connectivity index (χ3n) is 3.10. The van der Waals surface area contributed by atoms with E-state index in [1.165, 1.54) is 0 Å². The van der Waals surface area contributed by atoms with Crippen molar-refractivity contribution in [2.75, 3.05) is 0 Å². The summed E-state index contributed by atoms with van der Waals surface area (Å²) in [5.74, 6) is 0.629. The van der Waals surface area contributed by atoms with Gasteiger partial charge in [-0.15, -0.1) is 10.2 Å². The van der Waals surface area contributed by atoms with Crippen LogP contribution in [0.1, 0.15) is 35.7 Å². The fourth-order valence-electron chi connectivity index (χ4n) is 1.76. The van der Waals surface area contributed by atoms with Crippen LogP contribution >= 0.6 is 0 Å². The van der Waals surface area contributed by atoms with Crippen LogP contribution in [0.3, 0.4) is 0 Å². The number of aromatic nitrogens is 5. The minimum atomic E-state index is 0.00823. The molecule has 0 aliphatic rings. The zero-order valence-corrected chi connectivity index (χ0v) is 10.6. The number of nitrogens with zero attached hydrogens (tertiary/aromatic N) is 5. The molecule has 2 aromatic heterocycles. The summed E-state index contributed by atoms with van der Waals surface area (Å²) >= 11 is 0. The molecule has 2 rings (SSSR count). The molecule has 2 N–H and O–H groups in total. The minimum Gasteiger partial charge on any atom is -0.340 e. The molecule has 7 nitrogen and oxygen atoms in total. The van der Waals surface area contributed by atoms with E-state index >= 15 is 0 Å². The van der Waals surface area contributed by atoms with Gasteiger partial charge in [-0.3, -0.25) is 0 Å². The van der Waals surface area contributed by atoms with Gasteiger partial charge in [0.2, 0.25) is 0 Å². The standard InChI is InChI=1S/C11H15N7/c1-7(11-14-16-17-15-11)13-6-9-4-10(5-12)18(3)8(9)2/h4,7,13H,6H2,1-3H3,(H,14,15,16,17). The maximum Gasteiger partial charge on any atom is 0.191 e. The van der Waals surface area contributed by atoms with E-state index < -0.39 is 0 Å². The lowest BCUT2D eigenvalue weighted by atomic mass is 10.2. The molecule has 0 aromatic carbocycles. The van der Waals surface area contributed by atoms with Crippen molar-refractivity contribution in [3.8, 4) is 6.07 Å². The summed E-state index contributed by atoms with van der Waals surface area (Å²) < 4.78 is 1.88. The van der Waals surface area contributed by atoms with Crippen molar-refractivity contribution in [2.45, 2.75) is 26.4 Å². The third-order valence-corrected chi connectivity index (χ3v) is 3.10. The van der Waals surface area contributed by atoms with E-state index in [-0.39, 0.29) is 6.04 Å². The van der Waals surface area contributed by atoms with Crippen LogP contribution in [0.25, 0.3) is 0 Å². The second-order valence-corrected chi connectivity index (χ2v) is 4.18. The van der Waals surface area contributed by atoms with Gasteiger partial charge in [0, 0.05) is 19.3 Å². The first-order valence-corrected chi connectivity index (χ1v) is 5.65. The van der Waals surface area contributed by atoms with Gasteiger partial charge >= 0.3 is 0 Å². The molecule has 94 valence electrons. The van der Waals surface area contributed by atoms with Gasteiger partial charge in [0.25, 0.3) is 0 Å². The Morgan fingerprint density at radius 3 is 2.94 bits per heavy atom. The van der Waals surface area contributed by atoms with Crippen molar-refractivity contribution >= 4 is 0 Å². The number of hydrogen-bond acceptors (Lipinski definition) is 5.